The van der Waals surface area contributed by atoms with Crippen molar-refractivity contribution in [2.75, 3.05) is 6.54 Å². The Morgan fingerprint density at radius 3 is 2.50 bits per heavy atom. The molecule has 0 radical (unpaired) electrons. The highest BCUT2D eigenvalue weighted by Gasteiger charge is 2.36. The van der Waals surface area contributed by atoms with Gasteiger partial charge in [-0.3, -0.25) is 4.90 Å². The van der Waals surface area contributed by atoms with Crippen molar-refractivity contribution >= 4 is 0 Å². The standard InChI is InChI=1S/C15H25N3/c1-11-8-14(9-16)15(17)12(2)18(11)10-13-6-4-3-5-7-13/h3-7,11-12,14-15H,8-10,16-17H2,1-2H3. The molecule has 1 aliphatic heterocycles. The molecule has 1 aromatic rings. The van der Waals surface area contributed by atoms with E-state index in [9.17, 15) is 0 Å². The van der Waals surface area contributed by atoms with Gasteiger partial charge in [-0.15, -0.1) is 0 Å². The van der Waals surface area contributed by atoms with Crippen LogP contribution >= 0.6 is 0 Å². The summed E-state index contributed by atoms with van der Waals surface area (Å²) in [6.07, 6.45) is 1.11. The molecule has 4 atom stereocenters. The lowest BCUT2D eigenvalue weighted by molar-refractivity contribution is 0.0470. The highest BCUT2D eigenvalue weighted by molar-refractivity contribution is 5.15. The number of hydrogen-bond acceptors (Lipinski definition) is 3. The molecule has 18 heavy (non-hydrogen) atoms. The Balaban J connectivity index is 2.08. The summed E-state index contributed by atoms with van der Waals surface area (Å²) >= 11 is 0. The van der Waals surface area contributed by atoms with E-state index >= 15 is 0 Å². The van der Waals surface area contributed by atoms with Crippen LogP contribution in [0.1, 0.15) is 25.8 Å². The fraction of sp³-hybridized carbons (Fsp3) is 0.600. The maximum atomic E-state index is 6.32. The van der Waals surface area contributed by atoms with Crippen LogP contribution in [0, 0.1) is 5.92 Å². The topological polar surface area (TPSA) is 55.3 Å². The van der Waals surface area contributed by atoms with Crippen molar-refractivity contribution in [1.29, 1.82) is 0 Å². The Morgan fingerprint density at radius 1 is 1.22 bits per heavy atom. The zero-order valence-electron chi connectivity index (χ0n) is 11.4. The molecule has 0 bridgehead atoms. The van der Waals surface area contributed by atoms with Gasteiger partial charge >= 0.3 is 0 Å². The summed E-state index contributed by atoms with van der Waals surface area (Å²) in [6, 6.07) is 11.7. The van der Waals surface area contributed by atoms with Gasteiger partial charge < -0.3 is 11.5 Å². The molecule has 0 spiro atoms. The van der Waals surface area contributed by atoms with Crippen molar-refractivity contribution in [2.24, 2.45) is 17.4 Å². The first-order chi connectivity index (χ1) is 8.63. The third-order valence-electron chi connectivity index (χ3n) is 4.35. The first-order valence-corrected chi connectivity index (χ1v) is 6.88. The minimum absolute atomic E-state index is 0.190. The van der Waals surface area contributed by atoms with Gasteiger partial charge in [0.1, 0.15) is 0 Å². The van der Waals surface area contributed by atoms with Gasteiger partial charge in [-0.25, -0.2) is 0 Å². The summed E-state index contributed by atoms with van der Waals surface area (Å²) in [5.74, 6) is 0.460. The summed E-state index contributed by atoms with van der Waals surface area (Å²) in [6.45, 7) is 6.20. The zero-order chi connectivity index (χ0) is 13.1. The average Bonchev–Trinajstić information content (AvgIpc) is 2.40. The smallest absolute Gasteiger partial charge is 0.0240 e. The van der Waals surface area contributed by atoms with E-state index < -0.39 is 0 Å². The second-order valence-electron chi connectivity index (χ2n) is 5.56. The number of piperidine rings is 1. The summed E-state index contributed by atoms with van der Waals surface area (Å²) in [5, 5.41) is 0. The molecular formula is C15H25N3. The van der Waals surface area contributed by atoms with Gasteiger partial charge in [-0.2, -0.15) is 0 Å². The van der Waals surface area contributed by atoms with E-state index in [2.05, 4.69) is 49.1 Å². The fourth-order valence-corrected chi connectivity index (χ4v) is 3.09. The first kappa shape index (κ1) is 13.5. The monoisotopic (exact) mass is 247 g/mol. The van der Waals surface area contributed by atoms with E-state index in [1.165, 1.54) is 5.56 Å². The second-order valence-corrected chi connectivity index (χ2v) is 5.56. The van der Waals surface area contributed by atoms with Crippen LogP contribution in [0.3, 0.4) is 0 Å². The Hall–Kier alpha value is -0.900. The van der Waals surface area contributed by atoms with Crippen LogP contribution in [0.25, 0.3) is 0 Å². The van der Waals surface area contributed by atoms with E-state index in [4.69, 9.17) is 11.5 Å². The van der Waals surface area contributed by atoms with Crippen molar-refractivity contribution in [3.8, 4) is 0 Å². The molecule has 2 rings (SSSR count). The normalized spacial score (nSPS) is 33.6. The van der Waals surface area contributed by atoms with Crippen molar-refractivity contribution in [1.82, 2.24) is 4.90 Å². The molecule has 3 heteroatoms. The fourth-order valence-electron chi connectivity index (χ4n) is 3.09. The molecular weight excluding hydrogens is 222 g/mol. The molecule has 0 aromatic heterocycles. The number of rotatable bonds is 3. The summed E-state index contributed by atoms with van der Waals surface area (Å²) in [4.78, 5) is 2.51. The molecule has 3 nitrogen and oxygen atoms in total. The maximum Gasteiger partial charge on any atom is 0.0240 e. The van der Waals surface area contributed by atoms with Crippen LogP contribution < -0.4 is 11.5 Å². The van der Waals surface area contributed by atoms with Crippen LogP contribution in [-0.2, 0) is 6.54 Å². The van der Waals surface area contributed by atoms with E-state index in [-0.39, 0.29) is 6.04 Å². The van der Waals surface area contributed by atoms with Gasteiger partial charge in [0.2, 0.25) is 0 Å². The van der Waals surface area contributed by atoms with Crippen molar-refractivity contribution in [2.45, 2.75) is 44.9 Å². The van der Waals surface area contributed by atoms with Gasteiger partial charge in [0.25, 0.3) is 0 Å². The Kier molecular flexibility index (Phi) is 4.38. The average molecular weight is 247 g/mol. The molecule has 0 amide bonds. The Labute approximate surface area is 110 Å². The zero-order valence-corrected chi connectivity index (χ0v) is 11.4. The molecule has 1 aromatic carbocycles. The predicted molar refractivity (Wildman–Crippen MR) is 76.0 cm³/mol. The van der Waals surface area contributed by atoms with Crippen LogP contribution in [0.2, 0.25) is 0 Å². The number of benzene rings is 1. The quantitative estimate of drug-likeness (QED) is 0.852. The van der Waals surface area contributed by atoms with Crippen LogP contribution in [0.5, 0.6) is 0 Å². The lowest BCUT2D eigenvalue weighted by Gasteiger charge is -2.46. The molecule has 0 aliphatic carbocycles. The third-order valence-corrected chi connectivity index (χ3v) is 4.35. The third kappa shape index (κ3) is 2.74. The minimum Gasteiger partial charge on any atom is -0.330 e. The Morgan fingerprint density at radius 2 is 1.89 bits per heavy atom. The second kappa shape index (κ2) is 5.83. The van der Waals surface area contributed by atoms with Gasteiger partial charge in [0.15, 0.2) is 0 Å². The number of hydrogen-bond donors (Lipinski definition) is 2. The largest absolute Gasteiger partial charge is 0.330 e. The molecule has 1 heterocycles. The lowest BCUT2D eigenvalue weighted by atomic mass is 9.83. The highest BCUT2D eigenvalue weighted by Crippen LogP contribution is 2.27. The van der Waals surface area contributed by atoms with Crippen LogP contribution in [0.15, 0.2) is 30.3 Å². The van der Waals surface area contributed by atoms with E-state index in [0.29, 0.717) is 24.5 Å². The van der Waals surface area contributed by atoms with Crippen molar-refractivity contribution in [3.63, 3.8) is 0 Å². The molecule has 1 fully saturated rings. The number of likely N-dealkylation sites (tertiary alicyclic amines) is 1. The molecule has 1 aliphatic rings. The van der Waals surface area contributed by atoms with Crippen LogP contribution in [0.4, 0.5) is 0 Å². The molecule has 100 valence electrons. The van der Waals surface area contributed by atoms with E-state index in [1.807, 2.05) is 0 Å². The van der Waals surface area contributed by atoms with Gasteiger partial charge in [-0.1, -0.05) is 30.3 Å². The SMILES string of the molecule is CC1CC(CN)C(N)C(C)N1Cc1ccccc1. The van der Waals surface area contributed by atoms with Gasteiger partial charge in [-0.05, 0) is 38.3 Å². The van der Waals surface area contributed by atoms with Crippen molar-refractivity contribution in [3.05, 3.63) is 35.9 Å². The van der Waals surface area contributed by atoms with Crippen LogP contribution in [-0.4, -0.2) is 29.6 Å². The minimum atomic E-state index is 0.190. The van der Waals surface area contributed by atoms with E-state index in [0.717, 1.165) is 13.0 Å². The number of nitrogens with zero attached hydrogens (tertiary/aromatic N) is 1. The lowest BCUT2D eigenvalue weighted by Crippen LogP contribution is -2.59. The highest BCUT2D eigenvalue weighted by atomic mass is 15.2. The summed E-state index contributed by atoms with van der Waals surface area (Å²) < 4.78 is 0. The first-order valence-electron chi connectivity index (χ1n) is 6.88. The number of nitrogens with two attached hydrogens (primary N) is 2. The Bertz CT molecular complexity index is 365. The van der Waals surface area contributed by atoms with Gasteiger partial charge in [0.05, 0.1) is 0 Å². The summed E-state index contributed by atoms with van der Waals surface area (Å²) in [5.41, 5.74) is 13.5. The van der Waals surface area contributed by atoms with Gasteiger partial charge in [0, 0.05) is 24.7 Å². The predicted octanol–water partition coefficient (Wildman–Crippen LogP) is 1.57. The molecule has 0 saturated carbocycles. The molecule has 4 unspecified atom stereocenters. The van der Waals surface area contributed by atoms with E-state index in [1.54, 1.807) is 0 Å². The van der Waals surface area contributed by atoms with Crippen molar-refractivity contribution < 1.29 is 0 Å². The maximum absolute atomic E-state index is 6.32. The molecule has 1 saturated heterocycles. The summed E-state index contributed by atoms with van der Waals surface area (Å²) in [7, 11) is 0. The molecule has 4 N–H and O–H groups in total.